The molecule has 186 valence electrons. The second-order valence-electron chi connectivity index (χ2n) is 9.84. The zero-order chi connectivity index (χ0) is 25.1. The highest BCUT2D eigenvalue weighted by Crippen LogP contribution is 2.39. The molecule has 2 N–H and O–H groups in total. The van der Waals surface area contributed by atoms with Crippen LogP contribution >= 0.6 is 9.24 Å². The van der Waals surface area contributed by atoms with Crippen LogP contribution in [0, 0.1) is 12.8 Å². The average molecular weight is 508 g/mol. The molecule has 8 nitrogen and oxygen atoms in total. The SMILES string of the molecule is Cc1cc(Oc2ncc3c(c2P)-c2[nH]c4c(c2CC3)C(=O)NCC4)c(C(=O)N2CC(C)C(F)C2)cn1. The number of carbonyl (C=O) groups excluding carboxylic acids is 2. The number of hydrogen-bond acceptors (Lipinski definition) is 5. The number of aromatic nitrogens is 3. The van der Waals surface area contributed by atoms with Crippen molar-refractivity contribution >= 4 is 26.4 Å². The highest BCUT2D eigenvalue weighted by Gasteiger charge is 2.35. The molecule has 2 amide bonds. The van der Waals surface area contributed by atoms with Crippen LogP contribution in [-0.2, 0) is 19.3 Å². The standard InChI is InChI=1S/C26H27FN5O3P/c1-12-10-32(11-17(12)27)26(34)16-9-29-13(2)7-19(16)35-25-23(36)20-14(8-30-25)3-4-15-21-18(31-22(15)20)5-6-28-24(21)33/h7-9,12,17,31H,3-6,10-11,36H2,1-2H3,(H,28,33). The minimum atomic E-state index is -1.04. The van der Waals surface area contributed by atoms with Crippen LogP contribution in [0.5, 0.6) is 11.6 Å². The molecule has 0 aromatic carbocycles. The van der Waals surface area contributed by atoms with Crippen molar-refractivity contribution < 1.29 is 18.7 Å². The summed E-state index contributed by atoms with van der Waals surface area (Å²) in [5.41, 5.74) is 6.67. The third-order valence-electron chi connectivity index (χ3n) is 7.37. The van der Waals surface area contributed by atoms with Gasteiger partial charge in [0.15, 0.2) is 0 Å². The summed E-state index contributed by atoms with van der Waals surface area (Å²) in [4.78, 5) is 39.7. The van der Waals surface area contributed by atoms with Gasteiger partial charge in [-0.15, -0.1) is 0 Å². The Balaban J connectivity index is 1.38. The topological polar surface area (TPSA) is 100 Å². The Kier molecular flexibility index (Phi) is 5.56. The van der Waals surface area contributed by atoms with Gasteiger partial charge < -0.3 is 19.9 Å². The predicted octanol–water partition coefficient (Wildman–Crippen LogP) is 2.89. The lowest BCUT2D eigenvalue weighted by Crippen LogP contribution is -2.32. The van der Waals surface area contributed by atoms with Crippen molar-refractivity contribution in [2.45, 2.75) is 39.3 Å². The van der Waals surface area contributed by atoms with Crippen LogP contribution in [0.15, 0.2) is 18.5 Å². The van der Waals surface area contributed by atoms with Crippen LogP contribution in [0.3, 0.4) is 0 Å². The van der Waals surface area contributed by atoms with Gasteiger partial charge in [-0.25, -0.2) is 9.37 Å². The smallest absolute Gasteiger partial charge is 0.259 e. The van der Waals surface area contributed by atoms with Crippen molar-refractivity contribution in [3.63, 3.8) is 0 Å². The van der Waals surface area contributed by atoms with Gasteiger partial charge in [0.25, 0.3) is 11.8 Å². The van der Waals surface area contributed by atoms with E-state index in [1.54, 1.807) is 19.2 Å². The lowest BCUT2D eigenvalue weighted by molar-refractivity contribution is 0.0777. The summed E-state index contributed by atoms with van der Waals surface area (Å²) >= 11 is 0. The van der Waals surface area contributed by atoms with Gasteiger partial charge in [0.05, 0.1) is 17.8 Å². The van der Waals surface area contributed by atoms with Gasteiger partial charge in [0.1, 0.15) is 17.5 Å². The Hall–Kier alpha value is -3.32. The summed E-state index contributed by atoms with van der Waals surface area (Å²) in [7, 11) is 2.72. The molecule has 0 radical (unpaired) electrons. The number of aromatic amines is 1. The lowest BCUT2D eigenvalue weighted by Gasteiger charge is -2.22. The van der Waals surface area contributed by atoms with Crippen molar-refractivity contribution in [1.29, 1.82) is 0 Å². The van der Waals surface area contributed by atoms with Gasteiger partial charge in [-0.05, 0) is 30.9 Å². The average Bonchev–Trinajstić information content (AvgIpc) is 3.40. The monoisotopic (exact) mass is 507 g/mol. The van der Waals surface area contributed by atoms with Gasteiger partial charge in [-0.3, -0.25) is 14.6 Å². The van der Waals surface area contributed by atoms with E-state index in [1.165, 1.54) is 11.1 Å². The number of fused-ring (bicyclic) bond motifs is 5. The van der Waals surface area contributed by atoms with Gasteiger partial charge in [0.2, 0.25) is 5.88 Å². The maximum atomic E-state index is 14.1. The highest BCUT2D eigenvalue weighted by molar-refractivity contribution is 7.28. The van der Waals surface area contributed by atoms with E-state index in [1.807, 2.05) is 6.92 Å². The van der Waals surface area contributed by atoms with E-state index in [-0.39, 0.29) is 29.8 Å². The van der Waals surface area contributed by atoms with Gasteiger partial charge >= 0.3 is 0 Å². The molecule has 3 aliphatic rings. The van der Waals surface area contributed by atoms with E-state index < -0.39 is 6.17 Å². The highest BCUT2D eigenvalue weighted by atomic mass is 31.0. The van der Waals surface area contributed by atoms with Crippen molar-refractivity contribution in [2.75, 3.05) is 19.6 Å². The molecule has 3 aromatic heterocycles. The van der Waals surface area contributed by atoms with Crippen LogP contribution in [0.4, 0.5) is 4.39 Å². The number of nitrogens with zero attached hydrogens (tertiary/aromatic N) is 3. The number of ether oxygens (including phenoxy) is 1. The lowest BCUT2D eigenvalue weighted by atomic mass is 9.88. The number of rotatable bonds is 3. The summed E-state index contributed by atoms with van der Waals surface area (Å²) in [5.74, 6) is 0.134. The van der Waals surface area contributed by atoms with Crippen LogP contribution in [0.2, 0.25) is 0 Å². The molecular formula is C26H27FN5O3P. The maximum absolute atomic E-state index is 14.1. The van der Waals surface area contributed by atoms with E-state index in [0.29, 0.717) is 30.4 Å². The first-order valence-electron chi connectivity index (χ1n) is 12.2. The number of H-pyrrole nitrogens is 1. The predicted molar refractivity (Wildman–Crippen MR) is 136 cm³/mol. The second-order valence-corrected chi connectivity index (χ2v) is 10.4. The fraction of sp³-hybridized carbons (Fsp3) is 0.385. The van der Waals surface area contributed by atoms with E-state index in [0.717, 1.165) is 58.2 Å². The van der Waals surface area contributed by atoms with E-state index in [2.05, 4.69) is 29.5 Å². The number of amides is 2. The Morgan fingerprint density at radius 1 is 1.19 bits per heavy atom. The van der Waals surface area contributed by atoms with Crippen molar-refractivity contribution in [2.24, 2.45) is 5.92 Å². The minimum Gasteiger partial charge on any atom is -0.437 e. The molecule has 1 saturated heterocycles. The summed E-state index contributed by atoms with van der Waals surface area (Å²) in [6.45, 7) is 4.66. The largest absolute Gasteiger partial charge is 0.437 e. The first-order valence-corrected chi connectivity index (χ1v) is 12.8. The van der Waals surface area contributed by atoms with Gasteiger partial charge in [0, 0.05) is 66.1 Å². The van der Waals surface area contributed by atoms with Gasteiger partial charge in [-0.1, -0.05) is 16.2 Å². The molecule has 3 aromatic rings. The quantitative estimate of drug-likeness (QED) is 0.531. The number of halogens is 1. The molecule has 6 rings (SSSR count). The molecule has 1 fully saturated rings. The minimum absolute atomic E-state index is 0.0322. The van der Waals surface area contributed by atoms with Crippen LogP contribution in [0.1, 0.15) is 50.2 Å². The molecule has 5 heterocycles. The third kappa shape index (κ3) is 3.68. The van der Waals surface area contributed by atoms with Crippen molar-refractivity contribution in [3.8, 4) is 22.9 Å². The molecule has 0 spiro atoms. The van der Waals surface area contributed by atoms with Crippen LogP contribution in [-0.4, -0.2) is 57.5 Å². The Labute approximate surface area is 210 Å². The number of likely N-dealkylation sites (tertiary alicyclic amines) is 1. The molecular weight excluding hydrogens is 480 g/mol. The zero-order valence-electron chi connectivity index (χ0n) is 20.2. The van der Waals surface area contributed by atoms with E-state index >= 15 is 0 Å². The number of hydrogen-bond donors (Lipinski definition) is 2. The number of pyridine rings is 2. The maximum Gasteiger partial charge on any atom is 0.259 e. The van der Waals surface area contributed by atoms with Gasteiger partial charge in [-0.2, -0.15) is 0 Å². The molecule has 10 heteroatoms. The number of alkyl halides is 1. The Bertz CT molecular complexity index is 1410. The molecule has 0 saturated carbocycles. The fourth-order valence-electron chi connectivity index (χ4n) is 5.43. The van der Waals surface area contributed by atoms with Crippen LogP contribution in [0.25, 0.3) is 11.3 Å². The Morgan fingerprint density at radius 2 is 2.03 bits per heavy atom. The normalized spacial score (nSPS) is 20.4. The molecule has 2 aliphatic heterocycles. The summed E-state index contributed by atoms with van der Waals surface area (Å²) in [5, 5.41) is 3.69. The molecule has 1 aliphatic carbocycles. The zero-order valence-corrected chi connectivity index (χ0v) is 21.3. The number of nitrogens with one attached hydrogen (secondary N) is 2. The first kappa shape index (κ1) is 23.1. The van der Waals surface area contributed by atoms with Crippen molar-refractivity contribution in [3.05, 3.63) is 52.1 Å². The van der Waals surface area contributed by atoms with E-state index in [4.69, 9.17) is 4.74 Å². The fourth-order valence-corrected chi connectivity index (χ4v) is 5.90. The van der Waals surface area contributed by atoms with Crippen LogP contribution < -0.4 is 15.4 Å². The summed E-state index contributed by atoms with van der Waals surface area (Å²) < 4.78 is 20.4. The number of carbonyl (C=O) groups is 2. The molecule has 3 unspecified atom stereocenters. The molecule has 0 bridgehead atoms. The number of aryl methyl sites for hydroxylation is 2. The Morgan fingerprint density at radius 3 is 2.81 bits per heavy atom. The molecule has 36 heavy (non-hydrogen) atoms. The van der Waals surface area contributed by atoms with Crippen molar-refractivity contribution in [1.82, 2.24) is 25.2 Å². The first-order chi connectivity index (χ1) is 17.3. The summed E-state index contributed by atoms with van der Waals surface area (Å²) in [6, 6.07) is 1.70. The van der Waals surface area contributed by atoms with E-state index in [9.17, 15) is 14.0 Å². The second kappa shape index (κ2) is 8.66. The summed E-state index contributed by atoms with van der Waals surface area (Å²) in [6.07, 6.45) is 4.54. The molecule has 3 atom stereocenters. The third-order valence-corrected chi connectivity index (χ3v) is 7.90.